The number of carbonyl (C=O) groups excluding carboxylic acids is 2. The number of hydrogen-bond acceptors (Lipinski definition) is 2. The molecule has 1 fully saturated rings. The molecule has 4 nitrogen and oxygen atoms in total. The van der Waals surface area contributed by atoms with Crippen LogP contribution in [-0.4, -0.2) is 18.4 Å². The maximum absolute atomic E-state index is 13.3. The quantitative estimate of drug-likeness (QED) is 0.877. The van der Waals surface area contributed by atoms with Crippen LogP contribution in [0.15, 0.2) is 48.5 Å². The average Bonchev–Trinajstić information content (AvgIpc) is 3.16. The predicted molar refractivity (Wildman–Crippen MR) is 111 cm³/mol. The molecule has 2 atom stereocenters. The van der Waals surface area contributed by atoms with Crippen LogP contribution >= 0.6 is 0 Å². The van der Waals surface area contributed by atoms with Gasteiger partial charge in [0.25, 0.3) is 0 Å². The van der Waals surface area contributed by atoms with Gasteiger partial charge in [-0.05, 0) is 43.4 Å². The zero-order valence-electron chi connectivity index (χ0n) is 16.5. The first-order valence-corrected chi connectivity index (χ1v) is 10.4. The van der Waals surface area contributed by atoms with Crippen molar-refractivity contribution in [2.45, 2.75) is 45.6 Å². The summed E-state index contributed by atoms with van der Waals surface area (Å²) in [5.74, 6) is -0.288. The van der Waals surface area contributed by atoms with Crippen LogP contribution in [0.3, 0.4) is 0 Å². The minimum atomic E-state index is -0.223. The summed E-state index contributed by atoms with van der Waals surface area (Å²) < 4.78 is 0. The first-order valence-electron chi connectivity index (χ1n) is 10.4. The van der Waals surface area contributed by atoms with Crippen molar-refractivity contribution in [2.24, 2.45) is 11.8 Å². The maximum Gasteiger partial charge on any atom is 0.230 e. The Bertz CT molecular complexity index is 876. The van der Waals surface area contributed by atoms with Gasteiger partial charge in [0.1, 0.15) is 0 Å². The van der Waals surface area contributed by atoms with Crippen molar-refractivity contribution in [3.63, 3.8) is 0 Å². The molecular weight excluding hydrogens is 348 g/mol. The highest BCUT2D eigenvalue weighted by Gasteiger charge is 2.39. The molecule has 2 aromatic carbocycles. The number of rotatable bonds is 4. The first kappa shape index (κ1) is 18.7. The number of carbonyl (C=O) groups is 2. The van der Waals surface area contributed by atoms with Crippen LogP contribution in [0.1, 0.15) is 42.4 Å². The van der Waals surface area contributed by atoms with Crippen molar-refractivity contribution >= 4 is 17.5 Å². The van der Waals surface area contributed by atoms with Crippen molar-refractivity contribution in [2.75, 3.05) is 11.4 Å². The molecule has 0 radical (unpaired) electrons. The number of nitrogens with zero attached hydrogens (tertiary/aromatic N) is 1. The summed E-state index contributed by atoms with van der Waals surface area (Å²) in [6, 6.07) is 16.3. The lowest BCUT2D eigenvalue weighted by Crippen LogP contribution is -2.45. The summed E-state index contributed by atoms with van der Waals surface area (Å²) in [6.45, 7) is 3.30. The minimum absolute atomic E-state index is 0.0204. The van der Waals surface area contributed by atoms with Gasteiger partial charge in [-0.25, -0.2) is 0 Å². The molecule has 4 heteroatoms. The maximum atomic E-state index is 13.3. The second kappa shape index (κ2) is 8.17. The van der Waals surface area contributed by atoms with Crippen LogP contribution in [0, 0.1) is 18.8 Å². The molecule has 1 saturated carbocycles. The number of fused-ring (bicyclic) bond motifs is 1. The molecule has 1 N–H and O–H groups in total. The van der Waals surface area contributed by atoms with Crippen LogP contribution in [0.5, 0.6) is 0 Å². The zero-order chi connectivity index (χ0) is 19.5. The fourth-order valence-electron chi connectivity index (χ4n) is 4.65. The molecule has 1 heterocycles. The van der Waals surface area contributed by atoms with E-state index in [2.05, 4.69) is 30.4 Å². The van der Waals surface area contributed by atoms with Gasteiger partial charge in [-0.1, -0.05) is 60.9 Å². The monoisotopic (exact) mass is 376 g/mol. The van der Waals surface area contributed by atoms with E-state index in [4.69, 9.17) is 0 Å². The first-order chi connectivity index (χ1) is 13.6. The Balaban J connectivity index is 1.45. The van der Waals surface area contributed by atoms with E-state index >= 15 is 0 Å². The predicted octanol–water partition coefficient (Wildman–Crippen LogP) is 4.01. The lowest BCUT2D eigenvalue weighted by Gasteiger charge is -2.32. The third-order valence-corrected chi connectivity index (χ3v) is 6.12. The fraction of sp³-hybridized carbons (Fsp3) is 0.417. The Hall–Kier alpha value is -2.62. The lowest BCUT2D eigenvalue weighted by atomic mass is 9.77. The van der Waals surface area contributed by atoms with Crippen molar-refractivity contribution in [1.29, 1.82) is 0 Å². The second-order valence-electron chi connectivity index (χ2n) is 8.07. The summed E-state index contributed by atoms with van der Waals surface area (Å²) in [5.41, 5.74) is 4.54. The van der Waals surface area contributed by atoms with Gasteiger partial charge >= 0.3 is 0 Å². The number of nitrogens with one attached hydrogen (secondary N) is 1. The third-order valence-electron chi connectivity index (χ3n) is 6.12. The van der Waals surface area contributed by atoms with Gasteiger partial charge < -0.3 is 10.2 Å². The Morgan fingerprint density at radius 2 is 1.82 bits per heavy atom. The van der Waals surface area contributed by atoms with Gasteiger partial charge in [-0.2, -0.15) is 0 Å². The lowest BCUT2D eigenvalue weighted by molar-refractivity contribution is -0.135. The van der Waals surface area contributed by atoms with Crippen molar-refractivity contribution in [3.05, 3.63) is 65.2 Å². The molecule has 0 spiro atoms. The molecule has 0 saturated heterocycles. The van der Waals surface area contributed by atoms with Gasteiger partial charge in [0, 0.05) is 24.7 Å². The van der Waals surface area contributed by atoms with E-state index in [1.165, 1.54) is 11.1 Å². The molecule has 1 aliphatic heterocycles. The van der Waals surface area contributed by atoms with Crippen LogP contribution in [0.2, 0.25) is 0 Å². The second-order valence-corrected chi connectivity index (χ2v) is 8.07. The van der Waals surface area contributed by atoms with E-state index in [1.807, 2.05) is 35.2 Å². The minimum Gasteiger partial charge on any atom is -0.352 e. The molecule has 28 heavy (non-hydrogen) atoms. The smallest absolute Gasteiger partial charge is 0.230 e. The van der Waals surface area contributed by atoms with Gasteiger partial charge in [0.2, 0.25) is 11.8 Å². The fourth-order valence-corrected chi connectivity index (χ4v) is 4.65. The molecule has 146 valence electrons. The van der Waals surface area contributed by atoms with Crippen molar-refractivity contribution in [3.8, 4) is 0 Å². The summed E-state index contributed by atoms with van der Waals surface area (Å²) >= 11 is 0. The van der Waals surface area contributed by atoms with Gasteiger partial charge in [-0.3, -0.25) is 9.59 Å². The van der Waals surface area contributed by atoms with E-state index in [0.29, 0.717) is 6.54 Å². The third kappa shape index (κ3) is 3.82. The van der Waals surface area contributed by atoms with E-state index in [-0.39, 0.29) is 23.7 Å². The summed E-state index contributed by atoms with van der Waals surface area (Å²) in [7, 11) is 0. The Morgan fingerprint density at radius 3 is 2.64 bits per heavy atom. The molecule has 4 rings (SSSR count). The largest absolute Gasteiger partial charge is 0.352 e. The molecule has 0 bridgehead atoms. The molecular formula is C24H28N2O2. The summed E-state index contributed by atoms with van der Waals surface area (Å²) in [6.07, 6.45) is 4.54. The standard InChI is InChI=1S/C24H28N2O2/c1-17-7-6-8-18(15-17)16-25-23(27)20-10-3-4-11-21(20)24(28)26-14-13-19-9-2-5-12-22(19)26/h2,5-9,12,15,20-21H,3-4,10-11,13-14,16H2,1H3,(H,25,27). The van der Waals surface area contributed by atoms with Crippen molar-refractivity contribution < 1.29 is 9.59 Å². The number of aryl methyl sites for hydroxylation is 1. The van der Waals surface area contributed by atoms with E-state index < -0.39 is 0 Å². The van der Waals surface area contributed by atoms with E-state index in [0.717, 1.165) is 49.9 Å². The van der Waals surface area contributed by atoms with Crippen LogP contribution < -0.4 is 10.2 Å². The number of amides is 2. The average molecular weight is 377 g/mol. The molecule has 1 aliphatic carbocycles. The number of benzene rings is 2. The highest BCUT2D eigenvalue weighted by molar-refractivity contribution is 5.99. The topological polar surface area (TPSA) is 49.4 Å². The number of hydrogen-bond donors (Lipinski definition) is 1. The van der Waals surface area contributed by atoms with Gasteiger partial charge in [0.05, 0.1) is 5.92 Å². The number of anilines is 1. The molecule has 0 aromatic heterocycles. The Kier molecular flexibility index (Phi) is 5.47. The van der Waals surface area contributed by atoms with E-state index in [9.17, 15) is 9.59 Å². The van der Waals surface area contributed by atoms with Crippen LogP contribution in [0.25, 0.3) is 0 Å². The van der Waals surface area contributed by atoms with Crippen molar-refractivity contribution in [1.82, 2.24) is 5.32 Å². The highest BCUT2D eigenvalue weighted by Crippen LogP contribution is 2.35. The van der Waals surface area contributed by atoms with Crippen LogP contribution in [-0.2, 0) is 22.6 Å². The molecule has 2 aliphatic rings. The normalized spacial score (nSPS) is 21.2. The Morgan fingerprint density at radius 1 is 1.04 bits per heavy atom. The SMILES string of the molecule is Cc1cccc(CNC(=O)C2CCCCC2C(=O)N2CCc3ccccc32)c1. The molecule has 2 unspecified atom stereocenters. The van der Waals surface area contributed by atoms with Gasteiger partial charge in [0.15, 0.2) is 0 Å². The summed E-state index contributed by atoms with van der Waals surface area (Å²) in [4.78, 5) is 28.2. The highest BCUT2D eigenvalue weighted by atomic mass is 16.2. The Labute approximate surface area is 166 Å². The van der Waals surface area contributed by atoms with E-state index in [1.54, 1.807) is 0 Å². The molecule has 2 amide bonds. The summed E-state index contributed by atoms with van der Waals surface area (Å²) in [5, 5.41) is 3.08. The van der Waals surface area contributed by atoms with Crippen LogP contribution in [0.4, 0.5) is 5.69 Å². The number of para-hydroxylation sites is 1. The zero-order valence-corrected chi connectivity index (χ0v) is 16.5. The van der Waals surface area contributed by atoms with Gasteiger partial charge in [-0.15, -0.1) is 0 Å². The molecule has 2 aromatic rings.